The second kappa shape index (κ2) is 7.92. The third-order valence-electron chi connectivity index (χ3n) is 5.19. The molecule has 0 saturated heterocycles. The Hall–Kier alpha value is -2.67. The van der Waals surface area contributed by atoms with Crippen LogP contribution in [-0.4, -0.2) is 30.1 Å². The smallest absolute Gasteiger partial charge is 0.306 e. The molecule has 1 atom stereocenters. The Morgan fingerprint density at radius 1 is 1.37 bits per heavy atom. The Bertz CT molecular complexity index is 813. The Balaban J connectivity index is 1.78. The molecule has 0 aliphatic carbocycles. The first-order valence-electron chi connectivity index (χ1n) is 9.50. The van der Waals surface area contributed by atoms with Crippen LogP contribution in [0.2, 0.25) is 0 Å². The van der Waals surface area contributed by atoms with E-state index in [0.29, 0.717) is 26.0 Å². The van der Waals surface area contributed by atoms with Crippen molar-refractivity contribution < 1.29 is 14.3 Å². The van der Waals surface area contributed by atoms with Gasteiger partial charge in [-0.1, -0.05) is 44.5 Å². The van der Waals surface area contributed by atoms with Gasteiger partial charge in [-0.15, -0.1) is 0 Å². The first-order chi connectivity index (χ1) is 12.9. The van der Waals surface area contributed by atoms with Gasteiger partial charge in [-0.3, -0.25) is 9.69 Å². The van der Waals surface area contributed by atoms with E-state index < -0.39 is 0 Å². The largest absolute Gasteiger partial charge is 0.484 e. The highest BCUT2D eigenvalue weighted by molar-refractivity contribution is 5.69. The molecule has 2 aliphatic heterocycles. The van der Waals surface area contributed by atoms with Crippen LogP contribution in [0.3, 0.4) is 0 Å². The predicted molar refractivity (Wildman–Crippen MR) is 106 cm³/mol. The second-order valence-corrected chi connectivity index (χ2v) is 7.63. The monoisotopic (exact) mass is 365 g/mol. The fraction of sp³-hybridized carbons (Fsp3) is 0.435. The van der Waals surface area contributed by atoms with Crippen LogP contribution in [0.15, 0.2) is 47.7 Å². The van der Waals surface area contributed by atoms with Crippen LogP contribution >= 0.6 is 0 Å². The van der Waals surface area contributed by atoms with Gasteiger partial charge in [0.2, 0.25) is 0 Å². The molecule has 0 saturated carbocycles. The van der Waals surface area contributed by atoms with Crippen molar-refractivity contribution in [1.82, 2.24) is 4.90 Å². The highest BCUT2D eigenvalue weighted by Crippen LogP contribution is 2.42. The molecule has 4 heteroatoms. The van der Waals surface area contributed by atoms with Crippen LogP contribution in [0.1, 0.15) is 45.6 Å². The quantitative estimate of drug-likeness (QED) is 0.580. The maximum Gasteiger partial charge on any atom is 0.306 e. The number of esters is 1. The molecule has 142 valence electrons. The molecule has 0 fully saturated rings. The molecule has 0 aromatic heterocycles. The minimum absolute atomic E-state index is 0.00845. The van der Waals surface area contributed by atoms with Gasteiger partial charge in [0.25, 0.3) is 0 Å². The molecule has 1 unspecified atom stereocenters. The SMILES string of the molecule is C#CN1CC(CCC(=O)OCC)=CC=C1C1CC(C)(C)c2ccccc2O1. The zero-order valence-electron chi connectivity index (χ0n) is 16.3. The van der Waals surface area contributed by atoms with Crippen molar-refractivity contribution in [2.45, 2.75) is 51.6 Å². The number of nitrogens with zero attached hydrogens (tertiary/aromatic N) is 1. The molecule has 0 radical (unpaired) electrons. The van der Waals surface area contributed by atoms with E-state index in [-0.39, 0.29) is 17.5 Å². The number of allylic oxidation sites excluding steroid dienone is 2. The molecular formula is C23H27NO3. The van der Waals surface area contributed by atoms with Crippen LogP contribution in [0, 0.1) is 12.5 Å². The van der Waals surface area contributed by atoms with Crippen LogP contribution in [0.25, 0.3) is 0 Å². The minimum atomic E-state index is -0.172. The normalized spacial score (nSPS) is 20.5. The summed E-state index contributed by atoms with van der Waals surface area (Å²) in [6.45, 7) is 7.33. The predicted octanol–water partition coefficient (Wildman–Crippen LogP) is 4.18. The summed E-state index contributed by atoms with van der Waals surface area (Å²) in [5.74, 6) is 0.753. The third kappa shape index (κ3) is 4.19. The molecule has 27 heavy (non-hydrogen) atoms. The van der Waals surface area contributed by atoms with Crippen molar-refractivity contribution in [3.63, 3.8) is 0 Å². The molecule has 0 bridgehead atoms. The van der Waals surface area contributed by atoms with Crippen molar-refractivity contribution in [1.29, 1.82) is 0 Å². The molecular weight excluding hydrogens is 338 g/mol. The summed E-state index contributed by atoms with van der Waals surface area (Å²) >= 11 is 0. The molecule has 1 aromatic rings. The van der Waals surface area contributed by atoms with Crippen molar-refractivity contribution in [2.75, 3.05) is 13.2 Å². The summed E-state index contributed by atoms with van der Waals surface area (Å²) in [4.78, 5) is 13.5. The zero-order chi connectivity index (χ0) is 19.4. The van der Waals surface area contributed by atoms with Crippen LogP contribution in [-0.2, 0) is 14.9 Å². The number of hydrogen-bond acceptors (Lipinski definition) is 4. The van der Waals surface area contributed by atoms with Gasteiger partial charge < -0.3 is 9.47 Å². The van der Waals surface area contributed by atoms with E-state index >= 15 is 0 Å². The van der Waals surface area contributed by atoms with Gasteiger partial charge in [-0.25, -0.2) is 0 Å². The standard InChI is InChI=1S/C23H27NO3/c1-5-24-16-17(12-14-22(25)26-6-2)11-13-19(24)21-15-23(3,4)18-9-7-8-10-20(18)27-21/h1,7-11,13,21H,6,12,14-16H2,2-4H3. The zero-order valence-corrected chi connectivity index (χ0v) is 16.3. The van der Waals surface area contributed by atoms with E-state index in [4.69, 9.17) is 15.9 Å². The van der Waals surface area contributed by atoms with Gasteiger partial charge >= 0.3 is 5.97 Å². The number of hydrogen-bond donors (Lipinski definition) is 0. The van der Waals surface area contributed by atoms with Gasteiger partial charge in [0.15, 0.2) is 0 Å². The van der Waals surface area contributed by atoms with Crippen LogP contribution in [0.4, 0.5) is 0 Å². The van der Waals surface area contributed by atoms with Crippen molar-refractivity contribution >= 4 is 5.97 Å². The number of para-hydroxylation sites is 1. The summed E-state index contributed by atoms with van der Waals surface area (Å²) in [5, 5.41) is 0. The number of ether oxygens (including phenoxy) is 2. The summed E-state index contributed by atoms with van der Waals surface area (Å²) in [5.41, 5.74) is 3.37. The van der Waals surface area contributed by atoms with Crippen LogP contribution < -0.4 is 4.74 Å². The highest BCUT2D eigenvalue weighted by atomic mass is 16.5. The number of carbonyl (C=O) groups is 1. The number of terminal acetylenes is 1. The molecule has 0 spiro atoms. The number of rotatable bonds is 5. The Kier molecular flexibility index (Phi) is 5.60. The van der Waals surface area contributed by atoms with E-state index in [9.17, 15) is 4.79 Å². The summed E-state index contributed by atoms with van der Waals surface area (Å²) in [6.07, 6.45) is 11.7. The highest BCUT2D eigenvalue weighted by Gasteiger charge is 2.37. The number of fused-ring (bicyclic) bond motifs is 1. The van der Waals surface area contributed by atoms with Crippen LogP contribution in [0.5, 0.6) is 5.75 Å². The Labute approximate surface area is 161 Å². The van der Waals surface area contributed by atoms with Gasteiger partial charge in [-0.2, -0.15) is 0 Å². The maximum absolute atomic E-state index is 11.6. The lowest BCUT2D eigenvalue weighted by Crippen LogP contribution is -2.40. The lowest BCUT2D eigenvalue weighted by Gasteiger charge is -2.41. The first-order valence-corrected chi connectivity index (χ1v) is 9.50. The molecule has 3 rings (SSSR count). The average Bonchev–Trinajstić information content (AvgIpc) is 2.66. The van der Waals surface area contributed by atoms with E-state index in [1.807, 2.05) is 30.0 Å². The average molecular weight is 365 g/mol. The molecule has 0 N–H and O–H groups in total. The van der Waals surface area contributed by atoms with Gasteiger partial charge in [0, 0.05) is 12.5 Å². The summed E-state index contributed by atoms with van der Waals surface area (Å²) in [6, 6.07) is 11.0. The van der Waals surface area contributed by atoms with Gasteiger partial charge in [0.05, 0.1) is 18.8 Å². The van der Waals surface area contributed by atoms with E-state index in [1.165, 1.54) is 5.56 Å². The molecule has 0 amide bonds. The van der Waals surface area contributed by atoms with Gasteiger partial charge in [-0.05, 0) is 48.5 Å². The molecule has 2 heterocycles. The number of benzene rings is 1. The number of carbonyl (C=O) groups excluding carboxylic acids is 1. The molecule has 2 aliphatic rings. The molecule has 1 aromatic carbocycles. The minimum Gasteiger partial charge on any atom is -0.484 e. The summed E-state index contributed by atoms with van der Waals surface area (Å²) < 4.78 is 11.3. The van der Waals surface area contributed by atoms with Crippen molar-refractivity contribution in [2.24, 2.45) is 0 Å². The van der Waals surface area contributed by atoms with E-state index in [1.54, 1.807) is 0 Å². The summed E-state index contributed by atoms with van der Waals surface area (Å²) in [7, 11) is 0. The Morgan fingerprint density at radius 2 is 2.15 bits per heavy atom. The fourth-order valence-corrected chi connectivity index (χ4v) is 3.76. The first kappa shape index (κ1) is 19.1. The van der Waals surface area contributed by atoms with E-state index in [0.717, 1.165) is 23.4 Å². The third-order valence-corrected chi connectivity index (χ3v) is 5.19. The van der Waals surface area contributed by atoms with E-state index in [2.05, 4.69) is 38.1 Å². The Morgan fingerprint density at radius 3 is 2.89 bits per heavy atom. The lowest BCUT2D eigenvalue weighted by atomic mass is 9.76. The van der Waals surface area contributed by atoms with Gasteiger partial charge in [0.1, 0.15) is 11.9 Å². The van der Waals surface area contributed by atoms with Crippen molar-refractivity contribution in [3.8, 4) is 18.2 Å². The maximum atomic E-state index is 11.6. The topological polar surface area (TPSA) is 38.8 Å². The lowest BCUT2D eigenvalue weighted by molar-refractivity contribution is -0.143. The van der Waals surface area contributed by atoms with Crippen molar-refractivity contribution in [3.05, 3.63) is 53.3 Å². The molecule has 4 nitrogen and oxygen atoms in total. The fourth-order valence-electron chi connectivity index (χ4n) is 3.76. The second-order valence-electron chi connectivity index (χ2n) is 7.63.